The first-order valence-corrected chi connectivity index (χ1v) is 7.99. The number of aromatic nitrogens is 4. The van der Waals surface area contributed by atoms with Crippen molar-refractivity contribution >= 4 is 16.9 Å². The van der Waals surface area contributed by atoms with E-state index in [9.17, 15) is 0 Å². The smallest absolute Gasteiger partial charge is 0.163 e. The minimum absolute atomic E-state index is 0.0200. The molecule has 0 unspecified atom stereocenters. The Bertz CT molecular complexity index is 800. The number of nitrogens with zero attached hydrogens (tertiary/aromatic N) is 4. The Morgan fingerprint density at radius 2 is 2.04 bits per heavy atom. The highest BCUT2D eigenvalue weighted by Gasteiger charge is 2.12. The molecule has 3 rings (SSSR count). The molecule has 0 spiro atoms. The average Bonchev–Trinajstić information content (AvgIpc) is 3.00. The van der Waals surface area contributed by atoms with Crippen LogP contribution >= 0.6 is 0 Å². The van der Waals surface area contributed by atoms with E-state index in [0.29, 0.717) is 18.8 Å². The highest BCUT2D eigenvalue weighted by Crippen LogP contribution is 2.25. The summed E-state index contributed by atoms with van der Waals surface area (Å²) in [7, 11) is 0. The van der Waals surface area contributed by atoms with Crippen molar-refractivity contribution in [2.75, 3.05) is 18.5 Å². The summed E-state index contributed by atoms with van der Waals surface area (Å²) >= 11 is 0. The van der Waals surface area contributed by atoms with Crippen LogP contribution in [0.3, 0.4) is 0 Å². The number of hydrogen-bond donors (Lipinski definition) is 2. The van der Waals surface area contributed by atoms with Gasteiger partial charge in [0.2, 0.25) is 0 Å². The van der Waals surface area contributed by atoms with Crippen molar-refractivity contribution in [3.8, 4) is 5.75 Å². The van der Waals surface area contributed by atoms with Crippen molar-refractivity contribution in [3.05, 3.63) is 42.4 Å². The van der Waals surface area contributed by atoms with Crippen LogP contribution in [-0.4, -0.2) is 38.1 Å². The van der Waals surface area contributed by atoms with Gasteiger partial charge in [-0.25, -0.2) is 14.6 Å². The predicted octanol–water partition coefficient (Wildman–Crippen LogP) is 2.39. The third kappa shape index (κ3) is 3.30. The standard InChI is InChI=1S/C17H21N5O2/c1-3-24-14-6-4-13(5-7-14)12(2)21-16-15-10-20-22(8-9-23)17(15)19-11-18-16/h4-7,10-12,23H,3,8-9H2,1-2H3,(H,18,19,21)/t12-/m0/s1. The molecular formula is C17H21N5O2. The van der Waals surface area contributed by atoms with Gasteiger partial charge in [-0.2, -0.15) is 5.10 Å². The fourth-order valence-electron chi connectivity index (χ4n) is 2.57. The van der Waals surface area contributed by atoms with E-state index >= 15 is 0 Å². The molecule has 0 bridgehead atoms. The highest BCUT2D eigenvalue weighted by atomic mass is 16.5. The molecule has 0 radical (unpaired) electrons. The maximum Gasteiger partial charge on any atom is 0.163 e. The summed E-state index contributed by atoms with van der Waals surface area (Å²) in [5.41, 5.74) is 1.84. The van der Waals surface area contributed by atoms with Crippen LogP contribution in [-0.2, 0) is 6.54 Å². The zero-order valence-corrected chi connectivity index (χ0v) is 13.8. The first kappa shape index (κ1) is 16.2. The van der Waals surface area contributed by atoms with Gasteiger partial charge in [-0.05, 0) is 31.5 Å². The monoisotopic (exact) mass is 327 g/mol. The lowest BCUT2D eigenvalue weighted by Crippen LogP contribution is -2.09. The summed E-state index contributed by atoms with van der Waals surface area (Å²) in [5.74, 6) is 1.59. The Balaban J connectivity index is 1.81. The van der Waals surface area contributed by atoms with Gasteiger partial charge in [0.25, 0.3) is 0 Å². The molecule has 126 valence electrons. The molecule has 1 atom stereocenters. The fourth-order valence-corrected chi connectivity index (χ4v) is 2.57. The fraction of sp³-hybridized carbons (Fsp3) is 0.353. The van der Waals surface area contributed by atoms with Crippen LogP contribution in [0, 0.1) is 0 Å². The average molecular weight is 327 g/mol. The van der Waals surface area contributed by atoms with Crippen LogP contribution in [0.15, 0.2) is 36.8 Å². The number of nitrogens with one attached hydrogen (secondary N) is 1. The molecule has 24 heavy (non-hydrogen) atoms. The molecule has 0 aliphatic carbocycles. The number of ether oxygens (including phenoxy) is 1. The predicted molar refractivity (Wildman–Crippen MR) is 92.1 cm³/mol. The van der Waals surface area contributed by atoms with Crippen LogP contribution in [0.25, 0.3) is 11.0 Å². The summed E-state index contributed by atoms with van der Waals surface area (Å²) in [6, 6.07) is 8.07. The van der Waals surface area contributed by atoms with E-state index in [1.54, 1.807) is 10.9 Å². The Kier molecular flexibility index (Phi) is 4.90. The minimum atomic E-state index is 0.0200. The number of rotatable bonds is 7. The zero-order valence-electron chi connectivity index (χ0n) is 13.8. The van der Waals surface area contributed by atoms with Gasteiger partial charge in [0.1, 0.15) is 17.9 Å². The molecular weight excluding hydrogens is 306 g/mol. The van der Waals surface area contributed by atoms with Crippen LogP contribution < -0.4 is 10.1 Å². The summed E-state index contributed by atoms with van der Waals surface area (Å²) in [6.45, 7) is 5.13. The van der Waals surface area contributed by atoms with Crippen molar-refractivity contribution in [3.63, 3.8) is 0 Å². The van der Waals surface area contributed by atoms with E-state index in [1.807, 2.05) is 31.2 Å². The zero-order chi connectivity index (χ0) is 16.9. The summed E-state index contributed by atoms with van der Waals surface area (Å²) < 4.78 is 7.14. The van der Waals surface area contributed by atoms with Crippen molar-refractivity contribution in [2.45, 2.75) is 26.4 Å². The van der Waals surface area contributed by atoms with Crippen LogP contribution in [0.4, 0.5) is 5.82 Å². The third-order valence-corrected chi connectivity index (χ3v) is 3.79. The number of hydrogen-bond acceptors (Lipinski definition) is 6. The SMILES string of the molecule is CCOc1ccc([C@H](C)Nc2ncnc3c2cnn3CCO)cc1. The molecule has 0 aliphatic rings. The topological polar surface area (TPSA) is 85.1 Å². The Labute approximate surface area is 140 Å². The van der Waals surface area contributed by atoms with Crippen molar-refractivity contribution in [1.82, 2.24) is 19.7 Å². The Hall–Kier alpha value is -2.67. The molecule has 0 amide bonds. The molecule has 0 saturated heterocycles. The van der Waals surface area contributed by atoms with E-state index in [4.69, 9.17) is 9.84 Å². The van der Waals surface area contributed by atoms with Crippen LogP contribution in [0.5, 0.6) is 5.75 Å². The molecule has 7 nitrogen and oxygen atoms in total. The molecule has 2 heterocycles. The summed E-state index contributed by atoms with van der Waals surface area (Å²) in [5, 5.41) is 17.6. The molecule has 1 aromatic carbocycles. The van der Waals surface area contributed by atoms with Gasteiger partial charge >= 0.3 is 0 Å². The van der Waals surface area contributed by atoms with E-state index < -0.39 is 0 Å². The number of fused-ring (bicyclic) bond motifs is 1. The largest absolute Gasteiger partial charge is 0.494 e. The molecule has 3 aromatic rings. The second-order valence-corrected chi connectivity index (χ2v) is 5.42. The van der Waals surface area contributed by atoms with Crippen molar-refractivity contribution in [2.24, 2.45) is 0 Å². The van der Waals surface area contributed by atoms with E-state index in [1.165, 1.54) is 6.33 Å². The van der Waals surface area contributed by atoms with Gasteiger partial charge < -0.3 is 15.2 Å². The molecule has 0 aliphatic heterocycles. The first-order chi connectivity index (χ1) is 11.7. The van der Waals surface area contributed by atoms with E-state index in [0.717, 1.165) is 22.5 Å². The summed E-state index contributed by atoms with van der Waals surface area (Å²) in [4.78, 5) is 8.58. The van der Waals surface area contributed by atoms with Gasteiger partial charge in [0.15, 0.2) is 5.65 Å². The normalized spacial score (nSPS) is 12.3. The van der Waals surface area contributed by atoms with Crippen LogP contribution in [0.2, 0.25) is 0 Å². The maximum atomic E-state index is 9.09. The second kappa shape index (κ2) is 7.27. The Morgan fingerprint density at radius 1 is 1.25 bits per heavy atom. The molecule has 2 N–H and O–H groups in total. The lowest BCUT2D eigenvalue weighted by molar-refractivity contribution is 0.271. The summed E-state index contributed by atoms with van der Waals surface area (Å²) in [6.07, 6.45) is 3.23. The lowest BCUT2D eigenvalue weighted by atomic mass is 10.1. The van der Waals surface area contributed by atoms with Gasteiger partial charge in [0, 0.05) is 6.04 Å². The van der Waals surface area contributed by atoms with Gasteiger partial charge in [-0.1, -0.05) is 12.1 Å². The second-order valence-electron chi connectivity index (χ2n) is 5.42. The van der Waals surface area contributed by atoms with Crippen LogP contribution in [0.1, 0.15) is 25.5 Å². The van der Waals surface area contributed by atoms with Crippen molar-refractivity contribution in [1.29, 1.82) is 0 Å². The maximum absolute atomic E-state index is 9.09. The van der Waals surface area contributed by atoms with Gasteiger partial charge in [-0.15, -0.1) is 0 Å². The Morgan fingerprint density at radius 3 is 2.75 bits per heavy atom. The number of anilines is 1. The highest BCUT2D eigenvalue weighted by molar-refractivity contribution is 5.86. The van der Waals surface area contributed by atoms with E-state index in [2.05, 4.69) is 27.3 Å². The molecule has 0 fully saturated rings. The number of aliphatic hydroxyl groups is 1. The quantitative estimate of drug-likeness (QED) is 0.693. The molecule has 2 aromatic heterocycles. The third-order valence-electron chi connectivity index (χ3n) is 3.79. The van der Waals surface area contributed by atoms with Gasteiger partial charge in [-0.3, -0.25) is 0 Å². The molecule has 7 heteroatoms. The van der Waals surface area contributed by atoms with E-state index in [-0.39, 0.29) is 12.6 Å². The lowest BCUT2D eigenvalue weighted by Gasteiger charge is -2.16. The number of aliphatic hydroxyl groups excluding tert-OH is 1. The van der Waals surface area contributed by atoms with Gasteiger partial charge in [0.05, 0.1) is 31.3 Å². The molecule has 0 saturated carbocycles. The first-order valence-electron chi connectivity index (χ1n) is 7.99. The number of benzene rings is 1. The minimum Gasteiger partial charge on any atom is -0.494 e. The van der Waals surface area contributed by atoms with Crippen molar-refractivity contribution < 1.29 is 9.84 Å².